The van der Waals surface area contributed by atoms with Crippen LogP contribution in [0.25, 0.3) is 0 Å². The highest BCUT2D eigenvalue weighted by molar-refractivity contribution is 4.70. The quantitative estimate of drug-likeness (QED) is 0.0662. The Labute approximate surface area is 233 Å². The zero-order chi connectivity index (χ0) is 27.1. The van der Waals surface area contributed by atoms with Crippen LogP contribution in [0.3, 0.4) is 0 Å². The number of unbranched alkanes of at least 4 members (excludes halogenated alkanes) is 16. The van der Waals surface area contributed by atoms with Crippen LogP contribution in [0.2, 0.25) is 0 Å². The Morgan fingerprint density at radius 1 is 0.378 bits per heavy atom. The van der Waals surface area contributed by atoms with Gasteiger partial charge in [0.05, 0.1) is 0 Å². The molecule has 0 radical (unpaired) electrons. The van der Waals surface area contributed by atoms with Gasteiger partial charge in [0.1, 0.15) is 0 Å². The number of rotatable bonds is 32. The largest absolute Gasteiger partial charge is 0.396 e. The molecule has 2 atom stereocenters. The average Bonchev–Trinajstić information content (AvgIpc) is 2.91. The summed E-state index contributed by atoms with van der Waals surface area (Å²) < 4.78 is 0. The van der Waals surface area contributed by atoms with Crippen molar-refractivity contribution in [2.75, 3.05) is 26.3 Å². The molecule has 4 N–H and O–H groups in total. The first-order valence-corrected chi connectivity index (χ1v) is 17.0. The van der Waals surface area contributed by atoms with Gasteiger partial charge in [0.2, 0.25) is 0 Å². The fourth-order valence-electron chi connectivity index (χ4n) is 5.44. The zero-order valence-corrected chi connectivity index (χ0v) is 25.6. The van der Waals surface area contributed by atoms with Gasteiger partial charge in [-0.1, -0.05) is 123 Å². The lowest BCUT2D eigenvalue weighted by atomic mass is 9.98. The minimum absolute atomic E-state index is 0.341. The van der Waals surface area contributed by atoms with E-state index in [9.17, 15) is 0 Å². The molecular weight excluding hydrogens is 456 g/mol. The third-order valence-corrected chi connectivity index (χ3v) is 7.95. The molecule has 2 unspecified atom stereocenters. The Kier molecular flexibility index (Phi) is 31.9. The molecule has 0 fully saturated rings. The summed E-state index contributed by atoms with van der Waals surface area (Å²) in [6.07, 6.45) is 32.5. The van der Waals surface area contributed by atoms with Crippen molar-refractivity contribution < 1.29 is 10.2 Å². The SMILES string of the molecule is CCCCCCCC(CCCCCC(CCCCCCC)NCCCCCCO)NCCCCCCO. The molecular formula is C33H70N2O2. The van der Waals surface area contributed by atoms with Gasteiger partial charge in [-0.3, -0.25) is 0 Å². The summed E-state index contributed by atoms with van der Waals surface area (Å²) in [4.78, 5) is 0. The molecule has 37 heavy (non-hydrogen) atoms. The van der Waals surface area contributed by atoms with Gasteiger partial charge in [0.15, 0.2) is 0 Å². The van der Waals surface area contributed by atoms with Crippen molar-refractivity contribution in [3.05, 3.63) is 0 Å². The number of hydrogen-bond donors (Lipinski definition) is 4. The minimum atomic E-state index is 0.341. The summed E-state index contributed by atoms with van der Waals surface area (Å²) in [5.74, 6) is 0. The maximum atomic E-state index is 8.97. The Morgan fingerprint density at radius 2 is 0.676 bits per heavy atom. The van der Waals surface area contributed by atoms with E-state index in [-0.39, 0.29) is 0 Å². The fraction of sp³-hybridized carbons (Fsp3) is 1.00. The van der Waals surface area contributed by atoms with E-state index >= 15 is 0 Å². The van der Waals surface area contributed by atoms with E-state index in [2.05, 4.69) is 24.5 Å². The molecule has 4 nitrogen and oxygen atoms in total. The molecule has 0 amide bonds. The maximum Gasteiger partial charge on any atom is 0.0431 e. The van der Waals surface area contributed by atoms with Crippen molar-refractivity contribution in [3.8, 4) is 0 Å². The molecule has 224 valence electrons. The van der Waals surface area contributed by atoms with E-state index in [4.69, 9.17) is 10.2 Å². The molecule has 4 heteroatoms. The lowest BCUT2D eigenvalue weighted by molar-refractivity contribution is 0.282. The Hall–Kier alpha value is -0.160. The van der Waals surface area contributed by atoms with Crippen LogP contribution in [0.4, 0.5) is 0 Å². The molecule has 0 spiro atoms. The van der Waals surface area contributed by atoms with E-state index in [0.29, 0.717) is 25.3 Å². The minimum Gasteiger partial charge on any atom is -0.396 e. The highest BCUT2D eigenvalue weighted by Gasteiger charge is 2.10. The van der Waals surface area contributed by atoms with E-state index in [1.54, 1.807) is 0 Å². The second kappa shape index (κ2) is 32.1. The molecule has 0 aromatic carbocycles. The predicted molar refractivity (Wildman–Crippen MR) is 165 cm³/mol. The van der Waals surface area contributed by atoms with Crippen LogP contribution in [0, 0.1) is 0 Å². The van der Waals surface area contributed by atoms with Crippen LogP contribution in [0.15, 0.2) is 0 Å². The Bertz CT molecular complexity index is 372. The third-order valence-electron chi connectivity index (χ3n) is 7.95. The average molecular weight is 527 g/mol. The molecule has 0 rings (SSSR count). The number of aliphatic hydroxyl groups is 2. The first kappa shape index (κ1) is 36.8. The molecule has 0 heterocycles. The van der Waals surface area contributed by atoms with Crippen molar-refractivity contribution in [2.24, 2.45) is 0 Å². The molecule has 0 saturated carbocycles. The highest BCUT2D eigenvalue weighted by atomic mass is 16.3. The highest BCUT2D eigenvalue weighted by Crippen LogP contribution is 2.16. The van der Waals surface area contributed by atoms with Crippen molar-refractivity contribution in [1.82, 2.24) is 10.6 Å². The van der Waals surface area contributed by atoms with Gasteiger partial charge in [-0.25, -0.2) is 0 Å². The number of hydrogen-bond acceptors (Lipinski definition) is 4. The van der Waals surface area contributed by atoms with Gasteiger partial charge < -0.3 is 20.8 Å². The van der Waals surface area contributed by atoms with Gasteiger partial charge >= 0.3 is 0 Å². The molecule has 0 aliphatic heterocycles. The third kappa shape index (κ3) is 28.7. The van der Waals surface area contributed by atoms with E-state index < -0.39 is 0 Å². The van der Waals surface area contributed by atoms with Crippen molar-refractivity contribution in [2.45, 2.75) is 186 Å². The second-order valence-electron chi connectivity index (χ2n) is 11.6. The second-order valence-corrected chi connectivity index (χ2v) is 11.6. The molecule has 0 aliphatic rings. The molecule has 0 aliphatic carbocycles. The lowest BCUT2D eigenvalue weighted by Gasteiger charge is -2.21. The van der Waals surface area contributed by atoms with Crippen molar-refractivity contribution in [3.63, 3.8) is 0 Å². The van der Waals surface area contributed by atoms with Gasteiger partial charge in [-0.15, -0.1) is 0 Å². The smallest absolute Gasteiger partial charge is 0.0431 e. The summed E-state index contributed by atoms with van der Waals surface area (Å²) >= 11 is 0. The maximum absolute atomic E-state index is 8.97. The predicted octanol–water partition coefficient (Wildman–Crippen LogP) is 8.68. The Balaban J connectivity index is 4.25. The van der Waals surface area contributed by atoms with Gasteiger partial charge in [0.25, 0.3) is 0 Å². The van der Waals surface area contributed by atoms with E-state index in [1.807, 2.05) is 0 Å². The summed E-state index contributed by atoms with van der Waals surface area (Å²) in [7, 11) is 0. The van der Waals surface area contributed by atoms with Crippen LogP contribution in [-0.2, 0) is 0 Å². The molecule has 0 aromatic rings. The van der Waals surface area contributed by atoms with Gasteiger partial charge in [-0.2, -0.15) is 0 Å². The zero-order valence-electron chi connectivity index (χ0n) is 25.6. The lowest BCUT2D eigenvalue weighted by Crippen LogP contribution is -2.30. The summed E-state index contributed by atoms with van der Waals surface area (Å²) in [6, 6.07) is 1.40. The Morgan fingerprint density at radius 3 is 1.03 bits per heavy atom. The van der Waals surface area contributed by atoms with Crippen LogP contribution >= 0.6 is 0 Å². The molecule has 0 bridgehead atoms. The molecule has 0 saturated heterocycles. The van der Waals surface area contributed by atoms with Crippen LogP contribution < -0.4 is 10.6 Å². The van der Waals surface area contributed by atoms with Gasteiger partial charge in [-0.05, 0) is 64.5 Å². The number of aliphatic hydroxyl groups excluding tert-OH is 2. The topological polar surface area (TPSA) is 64.5 Å². The standard InChI is InChI=1S/C33H70N2O2/c1-3-5-7-9-16-24-32(34-28-20-11-13-22-30-36)26-18-15-19-27-33(25-17-10-8-6-4-2)35-29-21-12-14-23-31-37/h32-37H,3-31H2,1-2H3. The first-order valence-electron chi connectivity index (χ1n) is 17.0. The van der Waals surface area contributed by atoms with Gasteiger partial charge in [0, 0.05) is 25.3 Å². The van der Waals surface area contributed by atoms with Crippen molar-refractivity contribution in [1.29, 1.82) is 0 Å². The van der Waals surface area contributed by atoms with Crippen LogP contribution in [-0.4, -0.2) is 48.6 Å². The normalized spacial score (nSPS) is 13.3. The fourth-order valence-corrected chi connectivity index (χ4v) is 5.44. The van der Waals surface area contributed by atoms with Crippen LogP contribution in [0.1, 0.15) is 174 Å². The summed E-state index contributed by atoms with van der Waals surface area (Å²) in [5.41, 5.74) is 0. The molecule has 0 aromatic heterocycles. The summed E-state index contributed by atoms with van der Waals surface area (Å²) in [6.45, 7) is 7.57. The van der Waals surface area contributed by atoms with Crippen molar-refractivity contribution >= 4 is 0 Å². The summed E-state index contributed by atoms with van der Waals surface area (Å²) in [5, 5.41) is 25.7. The monoisotopic (exact) mass is 527 g/mol. The van der Waals surface area contributed by atoms with E-state index in [1.165, 1.54) is 135 Å². The van der Waals surface area contributed by atoms with E-state index in [0.717, 1.165) is 38.8 Å². The first-order chi connectivity index (χ1) is 18.3. The van der Waals surface area contributed by atoms with Crippen LogP contribution in [0.5, 0.6) is 0 Å². The number of nitrogens with one attached hydrogen (secondary N) is 2.